The minimum Gasteiger partial charge on any atom is -0.465 e. The van der Waals surface area contributed by atoms with Crippen molar-refractivity contribution in [3.8, 4) is 0 Å². The zero-order valence-corrected chi connectivity index (χ0v) is 16.9. The summed E-state index contributed by atoms with van der Waals surface area (Å²) in [4.78, 5) is 17.5. The van der Waals surface area contributed by atoms with E-state index in [4.69, 9.17) is 27.6 Å². The van der Waals surface area contributed by atoms with E-state index in [-0.39, 0.29) is 29.5 Å². The molecular weight excluding hydrogens is 417 g/mol. The van der Waals surface area contributed by atoms with Crippen LogP contribution in [-0.4, -0.2) is 57.0 Å². The fraction of sp³-hybridized carbons (Fsp3) is 0.375. The van der Waals surface area contributed by atoms with Crippen molar-refractivity contribution in [2.24, 2.45) is 0 Å². The quantitative estimate of drug-likeness (QED) is 0.683. The minimum absolute atomic E-state index is 0.0880. The van der Waals surface area contributed by atoms with Crippen LogP contribution >= 0.6 is 23.2 Å². The summed E-state index contributed by atoms with van der Waals surface area (Å²) in [5.41, 5.74) is 0.720. The molecule has 2 aromatic heterocycles. The van der Waals surface area contributed by atoms with Crippen LogP contribution in [0.2, 0.25) is 10.0 Å². The topological polar surface area (TPSA) is 93.0 Å². The molecule has 0 spiro atoms. The number of sulfonamides is 1. The number of rotatable bonds is 4. The van der Waals surface area contributed by atoms with Crippen molar-refractivity contribution >= 4 is 44.9 Å². The highest BCUT2D eigenvalue weighted by Gasteiger charge is 2.33. The third-order valence-corrected chi connectivity index (χ3v) is 6.59. The molecular formula is C16H17Cl2N3O5S. The van der Waals surface area contributed by atoms with Crippen LogP contribution < -0.4 is 4.90 Å². The predicted octanol–water partition coefficient (Wildman–Crippen LogP) is 2.59. The van der Waals surface area contributed by atoms with Gasteiger partial charge in [0.05, 0.1) is 22.8 Å². The van der Waals surface area contributed by atoms with E-state index in [2.05, 4.69) is 9.72 Å². The Balaban J connectivity index is 1.78. The molecule has 0 aromatic carbocycles. The molecule has 11 heteroatoms. The van der Waals surface area contributed by atoms with E-state index in [1.807, 2.05) is 4.90 Å². The molecule has 1 aliphatic heterocycles. The number of methoxy groups -OCH3 is 1. The number of nitrogens with zero attached hydrogens (tertiary/aromatic N) is 3. The van der Waals surface area contributed by atoms with Crippen molar-refractivity contribution in [1.82, 2.24) is 9.29 Å². The lowest BCUT2D eigenvalue weighted by Gasteiger charge is -2.35. The lowest BCUT2D eigenvalue weighted by atomic mass is 10.3. The van der Waals surface area contributed by atoms with Gasteiger partial charge in [0.2, 0.25) is 5.09 Å². The summed E-state index contributed by atoms with van der Waals surface area (Å²) >= 11 is 12.3. The first-order valence-electron chi connectivity index (χ1n) is 7.98. The highest BCUT2D eigenvalue weighted by atomic mass is 35.5. The standard InChI is InChI=1S/C16H17Cl2N3O5S/c1-10-11(16(22)25-2)7-14(26-10)27(23,24)21-5-3-20(4-6-21)15-12(17)8-19-9-13(15)18/h7-9H,3-6H2,1-2H3. The number of hydrogen-bond donors (Lipinski definition) is 0. The molecule has 3 heterocycles. The van der Waals surface area contributed by atoms with E-state index in [0.717, 1.165) is 0 Å². The summed E-state index contributed by atoms with van der Waals surface area (Å²) in [6.07, 6.45) is 2.98. The van der Waals surface area contributed by atoms with Gasteiger partial charge < -0.3 is 14.1 Å². The maximum atomic E-state index is 12.8. The number of carbonyl (C=O) groups is 1. The van der Waals surface area contributed by atoms with Crippen molar-refractivity contribution < 1.29 is 22.4 Å². The van der Waals surface area contributed by atoms with Crippen molar-refractivity contribution in [3.63, 3.8) is 0 Å². The Bertz CT molecular complexity index is 948. The first kappa shape index (κ1) is 19.9. The first-order valence-corrected chi connectivity index (χ1v) is 10.2. The first-order chi connectivity index (χ1) is 12.8. The second kappa shape index (κ2) is 7.67. The van der Waals surface area contributed by atoms with Crippen LogP contribution in [-0.2, 0) is 14.8 Å². The molecule has 1 saturated heterocycles. The maximum absolute atomic E-state index is 12.8. The van der Waals surface area contributed by atoms with Gasteiger partial charge in [-0.3, -0.25) is 4.98 Å². The summed E-state index contributed by atoms with van der Waals surface area (Å²) < 4.78 is 36.9. The van der Waals surface area contributed by atoms with Crippen LogP contribution in [0.15, 0.2) is 28.0 Å². The van der Waals surface area contributed by atoms with Crippen LogP contribution in [0.5, 0.6) is 0 Å². The third kappa shape index (κ3) is 3.77. The van der Waals surface area contributed by atoms with E-state index >= 15 is 0 Å². The Morgan fingerprint density at radius 3 is 2.33 bits per heavy atom. The van der Waals surface area contributed by atoms with Crippen molar-refractivity contribution in [3.05, 3.63) is 39.8 Å². The number of piperazine rings is 1. The molecule has 1 aliphatic rings. The summed E-state index contributed by atoms with van der Waals surface area (Å²) in [6, 6.07) is 1.19. The van der Waals surface area contributed by atoms with Gasteiger partial charge in [-0.1, -0.05) is 23.2 Å². The number of esters is 1. The number of anilines is 1. The Labute approximate surface area is 166 Å². The zero-order chi connectivity index (χ0) is 19.8. The number of aromatic nitrogens is 1. The molecule has 0 bridgehead atoms. The van der Waals surface area contributed by atoms with E-state index in [1.54, 1.807) is 0 Å². The second-order valence-corrected chi connectivity index (χ2v) is 8.55. The van der Waals surface area contributed by atoms with Crippen LogP contribution in [0.4, 0.5) is 5.69 Å². The van der Waals surface area contributed by atoms with E-state index in [1.165, 1.54) is 36.8 Å². The molecule has 1 fully saturated rings. The molecule has 0 unspecified atom stereocenters. The minimum atomic E-state index is -3.88. The van der Waals surface area contributed by atoms with Gasteiger partial charge in [-0.05, 0) is 6.92 Å². The average molecular weight is 434 g/mol. The Morgan fingerprint density at radius 1 is 1.19 bits per heavy atom. The molecule has 8 nitrogen and oxygen atoms in total. The molecule has 0 saturated carbocycles. The number of hydrogen-bond acceptors (Lipinski definition) is 7. The highest BCUT2D eigenvalue weighted by Crippen LogP contribution is 2.33. The number of pyridine rings is 1. The Morgan fingerprint density at radius 2 is 1.78 bits per heavy atom. The monoisotopic (exact) mass is 433 g/mol. The molecule has 2 aromatic rings. The number of halogens is 2. The van der Waals surface area contributed by atoms with Crippen molar-refractivity contribution in [2.75, 3.05) is 38.2 Å². The molecule has 27 heavy (non-hydrogen) atoms. The fourth-order valence-electron chi connectivity index (χ4n) is 2.88. The number of aryl methyl sites for hydroxylation is 1. The number of ether oxygens (including phenoxy) is 1. The van der Waals surface area contributed by atoms with E-state index in [0.29, 0.717) is 28.8 Å². The van der Waals surface area contributed by atoms with Crippen molar-refractivity contribution in [2.45, 2.75) is 12.0 Å². The molecule has 0 atom stereocenters. The van der Waals surface area contributed by atoms with Crippen LogP contribution in [0, 0.1) is 6.92 Å². The second-order valence-electron chi connectivity index (χ2n) is 5.87. The van der Waals surface area contributed by atoms with E-state index in [9.17, 15) is 13.2 Å². The van der Waals surface area contributed by atoms with Crippen LogP contribution in [0.1, 0.15) is 16.1 Å². The third-order valence-electron chi connectivity index (χ3n) is 4.28. The lowest BCUT2D eigenvalue weighted by Crippen LogP contribution is -2.48. The highest BCUT2D eigenvalue weighted by molar-refractivity contribution is 7.89. The zero-order valence-electron chi connectivity index (χ0n) is 14.6. The predicted molar refractivity (Wildman–Crippen MR) is 100 cm³/mol. The molecule has 0 amide bonds. The van der Waals surface area contributed by atoms with Crippen LogP contribution in [0.25, 0.3) is 0 Å². The fourth-order valence-corrected chi connectivity index (χ4v) is 4.88. The van der Waals surface area contributed by atoms with Crippen LogP contribution in [0.3, 0.4) is 0 Å². The van der Waals surface area contributed by atoms with E-state index < -0.39 is 16.0 Å². The maximum Gasteiger partial charge on any atom is 0.341 e. The van der Waals surface area contributed by atoms with Gasteiger partial charge in [-0.25, -0.2) is 13.2 Å². The average Bonchev–Trinajstić information content (AvgIpc) is 3.04. The van der Waals surface area contributed by atoms with Crippen molar-refractivity contribution in [1.29, 1.82) is 0 Å². The molecule has 146 valence electrons. The summed E-state index contributed by atoms with van der Waals surface area (Å²) in [5, 5.41) is 0.528. The molecule has 3 rings (SSSR count). The Hall–Kier alpha value is -1.81. The van der Waals surface area contributed by atoms with Gasteiger partial charge in [0.15, 0.2) is 0 Å². The summed E-state index contributed by atoms with van der Waals surface area (Å²) in [7, 11) is -2.66. The SMILES string of the molecule is COC(=O)c1cc(S(=O)(=O)N2CCN(c3c(Cl)cncc3Cl)CC2)oc1C. The summed E-state index contributed by atoms with van der Waals surface area (Å²) in [5.74, 6) is -0.459. The van der Waals surface area contributed by atoms with Gasteiger partial charge in [0.25, 0.3) is 10.0 Å². The normalized spacial score (nSPS) is 15.8. The van der Waals surface area contributed by atoms with Gasteiger partial charge in [0, 0.05) is 44.6 Å². The summed E-state index contributed by atoms with van der Waals surface area (Å²) in [6.45, 7) is 2.73. The number of carbonyl (C=O) groups excluding carboxylic acids is 1. The molecule has 0 aliphatic carbocycles. The lowest BCUT2D eigenvalue weighted by molar-refractivity contribution is 0.0598. The molecule has 0 radical (unpaired) electrons. The molecule has 0 N–H and O–H groups in total. The van der Waals surface area contributed by atoms with Gasteiger partial charge in [0.1, 0.15) is 11.3 Å². The van der Waals surface area contributed by atoms with Gasteiger partial charge in [-0.15, -0.1) is 0 Å². The van der Waals surface area contributed by atoms with Gasteiger partial charge >= 0.3 is 5.97 Å². The van der Waals surface area contributed by atoms with Gasteiger partial charge in [-0.2, -0.15) is 4.31 Å². The smallest absolute Gasteiger partial charge is 0.341 e. The largest absolute Gasteiger partial charge is 0.465 e. The Kier molecular flexibility index (Phi) is 5.66. The number of furan rings is 1.